The first-order valence-corrected chi connectivity index (χ1v) is 8.12. The van der Waals surface area contributed by atoms with Gasteiger partial charge in [0.2, 0.25) is 0 Å². The van der Waals surface area contributed by atoms with Crippen LogP contribution in [0.3, 0.4) is 0 Å². The van der Waals surface area contributed by atoms with E-state index in [4.69, 9.17) is 0 Å². The fourth-order valence-electron chi connectivity index (χ4n) is 1.14. The largest absolute Gasteiger partial charge is 0.0695 e. The Bertz CT molecular complexity index is 112. The fraction of sp³-hybridized carbons (Fsp3) is 1.00. The molecule has 1 aliphatic carbocycles. The zero-order valence-corrected chi connectivity index (χ0v) is 8.83. The smallest absolute Gasteiger partial charge is 0.0442 e. The zero-order chi connectivity index (χ0) is 7.83. The van der Waals surface area contributed by atoms with Gasteiger partial charge in [0.05, 0.1) is 0 Å². The molecule has 1 fully saturated rings. The Labute approximate surface area is 66.0 Å². The predicted molar refractivity (Wildman–Crippen MR) is 50.1 cm³/mol. The Kier molecular flexibility index (Phi) is 1.97. The van der Waals surface area contributed by atoms with E-state index in [0.29, 0.717) is 0 Å². The molecule has 1 aliphatic rings. The molecule has 0 aromatic carbocycles. The first kappa shape index (κ1) is 8.31. The van der Waals surface area contributed by atoms with Gasteiger partial charge in [0, 0.05) is 8.07 Å². The summed E-state index contributed by atoms with van der Waals surface area (Å²) in [5.41, 5.74) is 0.792. The van der Waals surface area contributed by atoms with Gasteiger partial charge in [-0.25, -0.2) is 0 Å². The molecule has 10 heavy (non-hydrogen) atoms. The van der Waals surface area contributed by atoms with Gasteiger partial charge in [0.25, 0.3) is 0 Å². The molecule has 0 aliphatic heterocycles. The first-order valence-electron chi connectivity index (χ1n) is 4.41. The van der Waals surface area contributed by atoms with Crippen LogP contribution in [0.4, 0.5) is 0 Å². The van der Waals surface area contributed by atoms with E-state index in [1.807, 2.05) is 0 Å². The molecule has 0 aromatic heterocycles. The average molecular weight is 156 g/mol. The molecule has 0 aromatic rings. The second-order valence-corrected chi connectivity index (χ2v) is 11.0. The molecule has 0 spiro atoms. The summed E-state index contributed by atoms with van der Waals surface area (Å²) in [6.07, 6.45) is 4.50. The van der Waals surface area contributed by atoms with Gasteiger partial charge in [0.1, 0.15) is 0 Å². The van der Waals surface area contributed by atoms with E-state index in [0.717, 1.165) is 5.41 Å². The maximum Gasteiger partial charge on any atom is 0.0442 e. The summed E-state index contributed by atoms with van der Waals surface area (Å²) in [7, 11) is -0.727. The van der Waals surface area contributed by atoms with Crippen molar-refractivity contribution in [3.63, 3.8) is 0 Å². The van der Waals surface area contributed by atoms with Crippen molar-refractivity contribution in [2.45, 2.75) is 51.9 Å². The minimum atomic E-state index is -0.727. The van der Waals surface area contributed by atoms with Crippen LogP contribution in [0, 0.1) is 5.41 Å². The lowest BCUT2D eigenvalue weighted by molar-refractivity contribution is 0.546. The molecule has 0 N–H and O–H groups in total. The highest BCUT2D eigenvalue weighted by Crippen LogP contribution is 2.49. The molecule has 0 heterocycles. The minimum Gasteiger partial charge on any atom is -0.0695 e. The summed E-state index contributed by atoms with van der Waals surface area (Å²) in [4.78, 5) is 0. The zero-order valence-electron chi connectivity index (χ0n) is 7.83. The van der Waals surface area contributed by atoms with Crippen molar-refractivity contribution in [2.24, 2.45) is 5.41 Å². The van der Waals surface area contributed by atoms with Gasteiger partial charge in [-0.1, -0.05) is 39.0 Å². The SMILES string of the molecule is CC1(CC[Si](C)(C)C)CC1. The summed E-state index contributed by atoms with van der Waals surface area (Å²) in [6, 6.07) is 1.53. The molecule has 1 rings (SSSR count). The summed E-state index contributed by atoms with van der Waals surface area (Å²) in [5.74, 6) is 0. The van der Waals surface area contributed by atoms with Crippen molar-refractivity contribution in [1.82, 2.24) is 0 Å². The quantitative estimate of drug-likeness (QED) is 0.549. The lowest BCUT2D eigenvalue weighted by Crippen LogP contribution is -2.20. The van der Waals surface area contributed by atoms with Gasteiger partial charge in [-0.2, -0.15) is 0 Å². The monoisotopic (exact) mass is 156 g/mol. The van der Waals surface area contributed by atoms with Gasteiger partial charge in [-0.05, 0) is 18.3 Å². The summed E-state index contributed by atoms with van der Waals surface area (Å²) < 4.78 is 0. The van der Waals surface area contributed by atoms with Crippen molar-refractivity contribution in [3.05, 3.63) is 0 Å². The van der Waals surface area contributed by atoms with Gasteiger partial charge >= 0.3 is 0 Å². The highest BCUT2D eigenvalue weighted by Gasteiger charge is 2.37. The molecular weight excluding hydrogens is 136 g/mol. The van der Waals surface area contributed by atoms with E-state index < -0.39 is 8.07 Å². The lowest BCUT2D eigenvalue weighted by Gasteiger charge is -2.18. The Hall–Kier alpha value is 0.217. The van der Waals surface area contributed by atoms with E-state index in [2.05, 4.69) is 26.6 Å². The van der Waals surface area contributed by atoms with Crippen LogP contribution in [-0.2, 0) is 0 Å². The molecule has 1 saturated carbocycles. The lowest BCUT2D eigenvalue weighted by atomic mass is 10.1. The average Bonchev–Trinajstić information content (AvgIpc) is 2.43. The van der Waals surface area contributed by atoms with E-state index >= 15 is 0 Å². The Morgan fingerprint density at radius 3 is 2.00 bits per heavy atom. The third kappa shape index (κ3) is 2.87. The van der Waals surface area contributed by atoms with Crippen molar-refractivity contribution >= 4 is 8.07 Å². The summed E-state index contributed by atoms with van der Waals surface area (Å²) in [5, 5.41) is 0. The maximum atomic E-state index is 2.47. The maximum absolute atomic E-state index is 2.47. The second kappa shape index (κ2) is 2.37. The molecule has 0 atom stereocenters. The van der Waals surface area contributed by atoms with Gasteiger partial charge < -0.3 is 0 Å². The van der Waals surface area contributed by atoms with Crippen LogP contribution in [0.5, 0.6) is 0 Å². The molecule has 0 nitrogen and oxygen atoms in total. The van der Waals surface area contributed by atoms with Crippen LogP contribution in [0.15, 0.2) is 0 Å². The van der Waals surface area contributed by atoms with E-state index in [-0.39, 0.29) is 0 Å². The summed E-state index contributed by atoms with van der Waals surface area (Å²) in [6.45, 7) is 9.85. The topological polar surface area (TPSA) is 0 Å². The van der Waals surface area contributed by atoms with E-state index in [9.17, 15) is 0 Å². The highest BCUT2D eigenvalue weighted by atomic mass is 28.3. The van der Waals surface area contributed by atoms with Crippen LogP contribution in [0.1, 0.15) is 26.2 Å². The normalized spacial score (nSPS) is 22.8. The fourth-order valence-corrected chi connectivity index (χ4v) is 2.49. The summed E-state index contributed by atoms with van der Waals surface area (Å²) >= 11 is 0. The molecule has 0 saturated heterocycles. The Balaban J connectivity index is 2.17. The van der Waals surface area contributed by atoms with Crippen LogP contribution in [-0.4, -0.2) is 8.07 Å². The van der Waals surface area contributed by atoms with Gasteiger partial charge in [-0.15, -0.1) is 0 Å². The van der Waals surface area contributed by atoms with E-state index in [1.54, 1.807) is 0 Å². The third-order valence-electron chi connectivity index (χ3n) is 2.58. The second-order valence-electron chi connectivity index (χ2n) is 5.37. The van der Waals surface area contributed by atoms with Gasteiger partial charge in [-0.3, -0.25) is 0 Å². The molecule has 1 heteroatoms. The number of hydrogen-bond donors (Lipinski definition) is 0. The molecule has 0 bridgehead atoms. The Morgan fingerprint density at radius 2 is 1.70 bits per heavy atom. The van der Waals surface area contributed by atoms with Crippen molar-refractivity contribution in [2.75, 3.05) is 0 Å². The Morgan fingerprint density at radius 1 is 1.20 bits per heavy atom. The van der Waals surface area contributed by atoms with Crippen LogP contribution >= 0.6 is 0 Å². The molecule has 0 unspecified atom stereocenters. The number of rotatable bonds is 3. The van der Waals surface area contributed by atoms with Crippen molar-refractivity contribution in [1.29, 1.82) is 0 Å². The number of hydrogen-bond acceptors (Lipinski definition) is 0. The van der Waals surface area contributed by atoms with Crippen molar-refractivity contribution < 1.29 is 0 Å². The van der Waals surface area contributed by atoms with Crippen LogP contribution in [0.2, 0.25) is 25.7 Å². The highest BCUT2D eigenvalue weighted by molar-refractivity contribution is 6.76. The van der Waals surface area contributed by atoms with E-state index in [1.165, 1.54) is 25.3 Å². The first-order chi connectivity index (χ1) is 4.41. The predicted octanol–water partition coefficient (Wildman–Crippen LogP) is 3.51. The molecular formula is C9H20Si. The van der Waals surface area contributed by atoms with Crippen molar-refractivity contribution in [3.8, 4) is 0 Å². The molecule has 0 amide bonds. The standard InChI is InChI=1S/C9H20Si/c1-9(5-6-9)7-8-10(2,3)4/h5-8H2,1-4H3. The third-order valence-corrected chi connectivity index (χ3v) is 4.33. The minimum absolute atomic E-state index is 0.727. The molecule has 60 valence electrons. The van der Waals surface area contributed by atoms with Gasteiger partial charge in [0.15, 0.2) is 0 Å². The van der Waals surface area contributed by atoms with Crippen LogP contribution < -0.4 is 0 Å². The van der Waals surface area contributed by atoms with Crippen LogP contribution in [0.25, 0.3) is 0 Å². The molecule has 0 radical (unpaired) electrons.